The van der Waals surface area contributed by atoms with Crippen LogP contribution in [0.1, 0.15) is 44.6 Å². The van der Waals surface area contributed by atoms with E-state index in [0.717, 1.165) is 31.2 Å². The van der Waals surface area contributed by atoms with Gasteiger partial charge in [-0.2, -0.15) is 0 Å². The summed E-state index contributed by atoms with van der Waals surface area (Å²) in [6.45, 7) is 2.76. The highest BCUT2D eigenvalue weighted by molar-refractivity contribution is 5.76. The lowest BCUT2D eigenvalue weighted by Crippen LogP contribution is -2.50. The molecule has 0 bridgehead atoms. The highest BCUT2D eigenvalue weighted by Gasteiger charge is 2.37. The third-order valence-electron chi connectivity index (χ3n) is 4.73. The van der Waals surface area contributed by atoms with Crippen LogP contribution in [-0.2, 0) is 16.1 Å². The van der Waals surface area contributed by atoms with Gasteiger partial charge in [0.15, 0.2) is 0 Å². The minimum atomic E-state index is -0.664. The van der Waals surface area contributed by atoms with Gasteiger partial charge in [0, 0.05) is 6.54 Å². The summed E-state index contributed by atoms with van der Waals surface area (Å²) in [5, 5.41) is 10.8. The molecular weight excluding hydrogens is 290 g/mol. The van der Waals surface area contributed by atoms with Gasteiger partial charge in [0.1, 0.15) is 6.04 Å². The van der Waals surface area contributed by atoms with E-state index >= 15 is 0 Å². The van der Waals surface area contributed by atoms with Gasteiger partial charge in [0.25, 0.3) is 0 Å². The smallest absolute Gasteiger partial charge is 0.326 e. The van der Waals surface area contributed by atoms with E-state index in [9.17, 15) is 9.90 Å². The number of esters is 1. The molecule has 1 aromatic rings. The van der Waals surface area contributed by atoms with Crippen LogP contribution >= 0.6 is 0 Å². The molecule has 128 valence electrons. The highest BCUT2D eigenvalue weighted by Crippen LogP contribution is 2.29. The number of aliphatic hydroxyl groups is 1. The number of benzene rings is 1. The molecule has 0 spiro atoms. The minimum Gasteiger partial charge on any atom is -0.465 e. The molecule has 1 fully saturated rings. The first kappa shape index (κ1) is 18.0. The third kappa shape index (κ3) is 5.05. The molecule has 0 radical (unpaired) electrons. The van der Waals surface area contributed by atoms with Crippen molar-refractivity contribution in [3.8, 4) is 0 Å². The topological polar surface area (TPSA) is 49.8 Å². The van der Waals surface area contributed by atoms with Crippen LogP contribution in [0.15, 0.2) is 30.3 Å². The van der Waals surface area contributed by atoms with Crippen LogP contribution in [0.5, 0.6) is 0 Å². The van der Waals surface area contributed by atoms with Gasteiger partial charge in [-0.25, -0.2) is 0 Å². The summed E-state index contributed by atoms with van der Waals surface area (Å²) in [6.07, 6.45) is 4.84. The Morgan fingerprint density at radius 2 is 1.91 bits per heavy atom. The highest BCUT2D eigenvalue weighted by atomic mass is 16.5. The van der Waals surface area contributed by atoms with Crippen LogP contribution in [0, 0.1) is 5.92 Å². The molecule has 0 amide bonds. The summed E-state index contributed by atoms with van der Waals surface area (Å²) in [4.78, 5) is 14.4. The average molecular weight is 319 g/mol. The summed E-state index contributed by atoms with van der Waals surface area (Å²) in [5.74, 6) is -0.125. The lowest BCUT2D eigenvalue weighted by atomic mass is 9.82. The second kappa shape index (κ2) is 9.04. The second-order valence-corrected chi connectivity index (χ2v) is 6.49. The molecule has 4 nitrogen and oxygen atoms in total. The first-order chi connectivity index (χ1) is 11.1. The van der Waals surface area contributed by atoms with Gasteiger partial charge >= 0.3 is 5.97 Å². The first-order valence-corrected chi connectivity index (χ1v) is 8.72. The van der Waals surface area contributed by atoms with Crippen molar-refractivity contribution in [1.29, 1.82) is 0 Å². The molecule has 23 heavy (non-hydrogen) atoms. The fourth-order valence-electron chi connectivity index (χ4n) is 3.51. The van der Waals surface area contributed by atoms with Gasteiger partial charge in [-0.3, -0.25) is 9.69 Å². The molecular formula is C19H29NO3. The van der Waals surface area contributed by atoms with Gasteiger partial charge in [-0.15, -0.1) is 0 Å². The Bertz CT molecular complexity index is 471. The Hall–Kier alpha value is -1.39. The van der Waals surface area contributed by atoms with Gasteiger partial charge < -0.3 is 9.84 Å². The SMILES string of the molecule is CCOC(=O)[C@H]([C@H](O)C1CCCCC1)N(C)Cc1ccccc1. The summed E-state index contributed by atoms with van der Waals surface area (Å²) in [6, 6.07) is 9.42. The molecule has 0 saturated heterocycles. The van der Waals surface area contributed by atoms with Crippen molar-refractivity contribution in [2.45, 2.75) is 57.7 Å². The maximum atomic E-state index is 12.4. The molecule has 1 aromatic carbocycles. The second-order valence-electron chi connectivity index (χ2n) is 6.49. The molecule has 0 aliphatic heterocycles. The molecule has 0 heterocycles. The van der Waals surface area contributed by atoms with Gasteiger partial charge in [-0.05, 0) is 38.3 Å². The molecule has 4 heteroatoms. The minimum absolute atomic E-state index is 0.191. The van der Waals surface area contributed by atoms with Crippen LogP contribution in [0.4, 0.5) is 0 Å². The van der Waals surface area contributed by atoms with Crippen molar-refractivity contribution in [2.75, 3.05) is 13.7 Å². The molecule has 0 unspecified atom stereocenters. The van der Waals surface area contributed by atoms with E-state index in [0.29, 0.717) is 13.2 Å². The van der Waals surface area contributed by atoms with E-state index in [1.807, 2.05) is 42.3 Å². The van der Waals surface area contributed by atoms with Crippen molar-refractivity contribution in [2.24, 2.45) is 5.92 Å². The quantitative estimate of drug-likeness (QED) is 0.785. The number of ether oxygens (including phenoxy) is 1. The standard InChI is InChI=1S/C19H29NO3/c1-3-23-19(22)17(18(21)16-12-8-5-9-13-16)20(2)14-15-10-6-4-7-11-15/h4,6-7,10-11,16-18,21H,3,5,8-9,12-14H2,1-2H3/t17-,18+/m0/s1. The zero-order valence-electron chi connectivity index (χ0n) is 14.3. The Morgan fingerprint density at radius 3 is 2.52 bits per heavy atom. The van der Waals surface area contributed by atoms with Gasteiger partial charge in [-0.1, -0.05) is 49.6 Å². The van der Waals surface area contributed by atoms with E-state index in [2.05, 4.69) is 0 Å². The molecule has 2 atom stereocenters. The zero-order valence-corrected chi connectivity index (χ0v) is 14.3. The van der Waals surface area contributed by atoms with E-state index < -0.39 is 12.1 Å². The number of hydrogen-bond donors (Lipinski definition) is 1. The van der Waals surface area contributed by atoms with Crippen molar-refractivity contribution in [3.63, 3.8) is 0 Å². The number of rotatable bonds is 7. The Balaban J connectivity index is 2.10. The Labute approximate surface area is 139 Å². The fourth-order valence-corrected chi connectivity index (χ4v) is 3.51. The van der Waals surface area contributed by atoms with Crippen LogP contribution in [0.2, 0.25) is 0 Å². The van der Waals surface area contributed by atoms with Crippen molar-refractivity contribution >= 4 is 5.97 Å². The maximum Gasteiger partial charge on any atom is 0.326 e. The summed E-state index contributed by atoms with van der Waals surface area (Å²) < 4.78 is 5.23. The largest absolute Gasteiger partial charge is 0.465 e. The normalized spacial score (nSPS) is 18.6. The molecule has 2 rings (SSSR count). The first-order valence-electron chi connectivity index (χ1n) is 8.72. The van der Waals surface area contributed by atoms with E-state index in [4.69, 9.17) is 4.74 Å². The molecule has 1 aliphatic carbocycles. The molecule has 1 aliphatic rings. The lowest BCUT2D eigenvalue weighted by molar-refractivity contribution is -0.156. The number of carbonyl (C=O) groups excluding carboxylic acids is 1. The van der Waals surface area contributed by atoms with Crippen molar-refractivity contribution in [1.82, 2.24) is 4.90 Å². The zero-order chi connectivity index (χ0) is 16.7. The van der Waals surface area contributed by atoms with Crippen molar-refractivity contribution < 1.29 is 14.6 Å². The Morgan fingerprint density at radius 1 is 1.26 bits per heavy atom. The predicted octanol–water partition coefficient (Wildman–Crippen LogP) is 2.99. The lowest BCUT2D eigenvalue weighted by Gasteiger charge is -2.35. The van der Waals surface area contributed by atoms with E-state index in [1.54, 1.807) is 6.92 Å². The fraction of sp³-hybridized carbons (Fsp3) is 0.632. The molecule has 1 saturated carbocycles. The van der Waals surface area contributed by atoms with Crippen LogP contribution in [0.3, 0.4) is 0 Å². The number of carbonyl (C=O) groups is 1. The summed E-state index contributed by atoms with van der Waals surface area (Å²) in [5.41, 5.74) is 1.13. The molecule has 1 N–H and O–H groups in total. The van der Waals surface area contributed by atoms with E-state index in [1.165, 1.54) is 6.42 Å². The number of hydrogen-bond acceptors (Lipinski definition) is 4. The maximum absolute atomic E-state index is 12.4. The number of likely N-dealkylation sites (N-methyl/N-ethyl adjacent to an activating group) is 1. The average Bonchev–Trinajstić information content (AvgIpc) is 2.57. The third-order valence-corrected chi connectivity index (χ3v) is 4.73. The summed E-state index contributed by atoms with van der Waals surface area (Å²) in [7, 11) is 1.89. The van der Waals surface area contributed by atoms with Crippen molar-refractivity contribution in [3.05, 3.63) is 35.9 Å². The number of aliphatic hydroxyl groups excluding tert-OH is 1. The predicted molar refractivity (Wildman–Crippen MR) is 90.9 cm³/mol. The number of nitrogens with zero attached hydrogens (tertiary/aromatic N) is 1. The van der Waals surface area contributed by atoms with E-state index in [-0.39, 0.29) is 11.9 Å². The molecule has 0 aromatic heterocycles. The Kier molecular flexibility index (Phi) is 7.06. The monoisotopic (exact) mass is 319 g/mol. The van der Waals surface area contributed by atoms with Crippen LogP contribution in [0.25, 0.3) is 0 Å². The van der Waals surface area contributed by atoms with Crippen LogP contribution in [-0.4, -0.2) is 41.8 Å². The van der Waals surface area contributed by atoms with Gasteiger partial charge in [0.05, 0.1) is 12.7 Å². The summed E-state index contributed by atoms with van der Waals surface area (Å²) >= 11 is 0. The van der Waals surface area contributed by atoms with Crippen LogP contribution < -0.4 is 0 Å². The van der Waals surface area contributed by atoms with Gasteiger partial charge in [0.2, 0.25) is 0 Å².